The van der Waals surface area contributed by atoms with E-state index in [0.717, 1.165) is 10.6 Å². The lowest BCUT2D eigenvalue weighted by Crippen LogP contribution is -2.57. The second-order valence-corrected chi connectivity index (χ2v) is 18.6. The largest absolute Gasteiger partial charge is 0.491 e. The first kappa shape index (κ1) is 50.7. The van der Waals surface area contributed by atoms with Crippen LogP contribution < -0.4 is 36.2 Å². The number of cyclic esters (lactones) is 1. The van der Waals surface area contributed by atoms with Crippen molar-refractivity contribution in [2.24, 2.45) is 17.6 Å². The maximum Gasteiger partial charge on any atom is 0.329 e. The Morgan fingerprint density at radius 3 is 2.20 bits per heavy atom. The molecule has 0 bridgehead atoms. The van der Waals surface area contributed by atoms with Crippen LogP contribution in [-0.4, -0.2) is 111 Å². The number of aliphatic hydroxyl groups is 1. The van der Waals surface area contributed by atoms with Gasteiger partial charge in [0.25, 0.3) is 0 Å². The summed E-state index contributed by atoms with van der Waals surface area (Å²) in [7, 11) is 1.19. The van der Waals surface area contributed by atoms with Gasteiger partial charge in [-0.2, -0.15) is 0 Å². The minimum atomic E-state index is -2.24. The molecular weight excluding hydrogens is 947 g/mol. The molecule has 18 heteroatoms. The van der Waals surface area contributed by atoms with Crippen LogP contribution in [0.4, 0.5) is 26.7 Å². The highest BCUT2D eigenvalue weighted by molar-refractivity contribution is 6.25. The summed E-state index contributed by atoms with van der Waals surface area (Å²) in [6, 6.07) is 30.5. The average Bonchev–Trinajstić information content (AvgIpc) is 3.90. The number of rotatable bonds is 13. The molecule has 74 heavy (non-hydrogen) atoms. The van der Waals surface area contributed by atoms with Crippen molar-refractivity contribution in [1.82, 2.24) is 15.5 Å². The monoisotopic (exact) mass is 1000 g/mol. The molecule has 5 aromatic rings. The van der Waals surface area contributed by atoms with Crippen LogP contribution in [0.15, 0.2) is 127 Å². The van der Waals surface area contributed by atoms with E-state index in [4.69, 9.17) is 24.7 Å². The normalized spacial score (nSPS) is 22.4. The van der Waals surface area contributed by atoms with Crippen molar-refractivity contribution in [2.75, 3.05) is 68.3 Å². The number of urea groups is 2. The van der Waals surface area contributed by atoms with Crippen molar-refractivity contribution in [3.63, 3.8) is 0 Å². The molecule has 0 radical (unpaired) electrons. The number of esters is 2. The van der Waals surface area contributed by atoms with Gasteiger partial charge in [0.1, 0.15) is 36.0 Å². The summed E-state index contributed by atoms with van der Waals surface area (Å²) in [5.41, 5.74) is 6.50. The molecule has 0 saturated carbocycles. The second kappa shape index (κ2) is 21.9. The summed E-state index contributed by atoms with van der Waals surface area (Å²) in [5, 5.41) is 18.4. The molecule has 382 valence electrons. The number of aliphatic hydroxyl groups excluding tert-OH is 1. The highest BCUT2D eigenvalue weighted by atomic mass is 16.6. The minimum Gasteiger partial charge on any atom is -0.491 e. The molecule has 4 aliphatic rings. The second-order valence-electron chi connectivity index (χ2n) is 18.6. The first-order valence-corrected chi connectivity index (χ1v) is 24.4. The highest BCUT2D eigenvalue weighted by Gasteiger charge is 2.76. The molecule has 6 amide bonds. The lowest BCUT2D eigenvalue weighted by Gasteiger charge is -2.46. The number of hydrogen-bond donors (Lipinski definition) is 5. The van der Waals surface area contributed by atoms with Gasteiger partial charge >= 0.3 is 24.0 Å². The Labute approximate surface area is 428 Å². The summed E-state index contributed by atoms with van der Waals surface area (Å²) in [6.07, 6.45) is -1.01. The Bertz CT molecular complexity index is 2980. The van der Waals surface area contributed by atoms with Crippen LogP contribution in [0.2, 0.25) is 0 Å². The zero-order valence-electron chi connectivity index (χ0n) is 41.1. The molecule has 4 heterocycles. The first-order valence-electron chi connectivity index (χ1n) is 24.4. The molecule has 3 saturated heterocycles. The van der Waals surface area contributed by atoms with E-state index < -0.39 is 83.3 Å². The van der Waals surface area contributed by atoms with Gasteiger partial charge in [-0.05, 0) is 71.1 Å². The first-order chi connectivity index (χ1) is 35.9. The highest BCUT2D eigenvalue weighted by Crippen LogP contribution is 2.66. The van der Waals surface area contributed by atoms with Gasteiger partial charge in [-0.3, -0.25) is 19.3 Å². The topological polar surface area (TPSA) is 231 Å². The van der Waals surface area contributed by atoms with Crippen LogP contribution in [0.25, 0.3) is 0 Å². The van der Waals surface area contributed by atoms with Crippen LogP contribution >= 0.6 is 0 Å². The summed E-state index contributed by atoms with van der Waals surface area (Å²) in [5.74, 6) is 0.692. The Balaban J connectivity index is 1.34. The number of hydrogen-bond acceptors (Lipinski definition) is 13. The number of morpholine rings is 2. The number of anilines is 3. The Hall–Kier alpha value is -8.24. The fourth-order valence-electron chi connectivity index (χ4n) is 10.8. The number of nitrogens with two attached hydrogens (primary N) is 1. The number of carbonyl (C=O) groups excluding carboxylic acids is 6. The fraction of sp³-hybridized carbons (Fsp3) is 0.321. The molecule has 7 unspecified atom stereocenters. The lowest BCUT2D eigenvalue weighted by atomic mass is 9.65. The number of benzene rings is 5. The number of imide groups is 1. The molecule has 5 aromatic carbocycles. The van der Waals surface area contributed by atoms with E-state index in [2.05, 4.69) is 32.7 Å². The Morgan fingerprint density at radius 2 is 1.54 bits per heavy atom. The smallest absolute Gasteiger partial charge is 0.329 e. The summed E-state index contributed by atoms with van der Waals surface area (Å²) in [4.78, 5) is 93.6. The van der Waals surface area contributed by atoms with Gasteiger partial charge in [0.2, 0.25) is 11.8 Å². The van der Waals surface area contributed by atoms with Crippen LogP contribution in [0.1, 0.15) is 59.9 Å². The van der Waals surface area contributed by atoms with Crippen molar-refractivity contribution >= 4 is 52.9 Å². The molecule has 1 spiro atoms. The number of amides is 6. The number of primary amides is 1. The molecule has 0 aromatic heterocycles. The third kappa shape index (κ3) is 9.48. The predicted octanol–water partition coefficient (Wildman–Crippen LogP) is 5.13. The predicted molar refractivity (Wildman–Crippen MR) is 273 cm³/mol. The van der Waals surface area contributed by atoms with Gasteiger partial charge in [0, 0.05) is 35.6 Å². The van der Waals surface area contributed by atoms with Crippen LogP contribution in [0.5, 0.6) is 5.75 Å². The van der Waals surface area contributed by atoms with E-state index in [1.54, 1.807) is 62.4 Å². The van der Waals surface area contributed by atoms with Gasteiger partial charge in [-0.15, -0.1) is 0 Å². The number of nitrogens with one attached hydrogen (secondary N) is 3. The van der Waals surface area contributed by atoms with Crippen molar-refractivity contribution in [2.45, 2.75) is 49.5 Å². The van der Waals surface area contributed by atoms with Gasteiger partial charge in [-0.1, -0.05) is 105 Å². The van der Waals surface area contributed by atoms with Crippen molar-refractivity contribution < 1.29 is 52.8 Å². The zero-order valence-corrected chi connectivity index (χ0v) is 41.1. The van der Waals surface area contributed by atoms with E-state index >= 15 is 19.2 Å². The average molecular weight is 1000 g/mol. The Morgan fingerprint density at radius 1 is 0.865 bits per heavy atom. The SMILES string of the molecule is COC(=O)C(NC(=O)N1C(=O)C2(c3cc(C#CCNC(N)=O)ccc31)C(C(=O)Nc1ccc(N3CCOCC3)cc1)C1C(=O)OC(c3ccccc3)C(c3ccccc3)N1C2c1ccccc1OCCO)C(C)C. The van der Waals surface area contributed by atoms with Gasteiger partial charge in [-0.25, -0.2) is 19.3 Å². The molecule has 3 fully saturated rings. The summed E-state index contributed by atoms with van der Waals surface area (Å²) >= 11 is 0. The van der Waals surface area contributed by atoms with Crippen LogP contribution in [0.3, 0.4) is 0 Å². The molecule has 7 atom stereocenters. The van der Waals surface area contributed by atoms with Gasteiger partial charge in [0.15, 0.2) is 0 Å². The van der Waals surface area contributed by atoms with Crippen LogP contribution in [-0.2, 0) is 38.8 Å². The van der Waals surface area contributed by atoms with Crippen LogP contribution in [0, 0.1) is 23.7 Å². The standard InChI is InChI=1S/C56H57N7O11/c1-34(2)45(51(66)71-3)60-55(70)62-42-25-20-35(13-12-26-58-54(57)69)33-41(42)56(53(62)68)44(50(65)59-38-21-23-39(24-22-38)61-27-30-72-31-28-61)47-52(67)74-48(37-16-8-5-9-17-37)46(36-14-6-4-7-15-36)63(47)49(56)40-18-10-11-19-43(40)73-32-29-64/h4-11,14-25,33-34,44-49,64H,26-32H2,1-3H3,(H,59,65)(H,60,70)(H3,57,58,69). The molecular formula is C56H57N7O11. The number of para-hydroxylation sites is 1. The van der Waals surface area contributed by atoms with E-state index in [1.807, 2.05) is 77.7 Å². The number of nitrogens with zero attached hydrogens (tertiary/aromatic N) is 3. The van der Waals surface area contributed by atoms with Gasteiger partial charge in [0.05, 0.1) is 57.2 Å². The third-order valence-electron chi connectivity index (χ3n) is 14.0. The number of methoxy groups -OCH3 is 1. The fourth-order valence-corrected chi connectivity index (χ4v) is 10.8. The van der Waals surface area contributed by atoms with Gasteiger partial charge < -0.3 is 50.6 Å². The maximum atomic E-state index is 16.8. The Kier molecular flexibility index (Phi) is 15.0. The zero-order chi connectivity index (χ0) is 52.1. The number of fused-ring (bicyclic) bond motifs is 3. The third-order valence-corrected chi connectivity index (χ3v) is 14.0. The lowest BCUT2D eigenvalue weighted by molar-refractivity contribution is -0.178. The van der Waals surface area contributed by atoms with E-state index in [1.165, 1.54) is 13.2 Å². The number of carbonyl (C=O) groups is 6. The van der Waals surface area contributed by atoms with Crippen molar-refractivity contribution in [3.8, 4) is 17.6 Å². The number of ether oxygens (including phenoxy) is 4. The molecule has 9 rings (SSSR count). The maximum absolute atomic E-state index is 16.8. The quantitative estimate of drug-likeness (QED) is 0.0763. The summed E-state index contributed by atoms with van der Waals surface area (Å²) in [6.45, 7) is 5.21. The molecule has 4 aliphatic heterocycles. The molecule has 0 aliphatic carbocycles. The molecule has 18 nitrogen and oxygen atoms in total. The van der Waals surface area contributed by atoms with Crippen molar-refractivity contribution in [3.05, 3.63) is 155 Å². The van der Waals surface area contributed by atoms with E-state index in [0.29, 0.717) is 54.2 Å². The summed E-state index contributed by atoms with van der Waals surface area (Å²) < 4.78 is 23.6. The van der Waals surface area contributed by atoms with E-state index in [9.17, 15) is 14.7 Å². The van der Waals surface area contributed by atoms with E-state index in [-0.39, 0.29) is 36.8 Å². The molecule has 6 N–H and O–H groups in total. The van der Waals surface area contributed by atoms with Crippen molar-refractivity contribution in [1.29, 1.82) is 0 Å². The minimum absolute atomic E-state index is 0.0381.